The van der Waals surface area contributed by atoms with E-state index in [1.54, 1.807) is 11.3 Å². The maximum Gasteiger partial charge on any atom is 0.234 e. The highest BCUT2D eigenvalue weighted by Gasteiger charge is 2.20. The molecule has 6 heteroatoms. The molecule has 1 aliphatic carbocycles. The lowest BCUT2D eigenvalue weighted by molar-refractivity contribution is -0.120. The Kier molecular flexibility index (Phi) is 6.63. The number of hydrogen-bond donors (Lipinski definition) is 3. The van der Waals surface area contributed by atoms with Crippen molar-refractivity contribution < 1.29 is 9.90 Å². The third-order valence-electron chi connectivity index (χ3n) is 2.84. The first kappa shape index (κ1) is 15.4. The van der Waals surface area contributed by atoms with E-state index in [4.69, 9.17) is 0 Å². The first-order chi connectivity index (χ1) is 8.25. The lowest BCUT2D eigenvalue weighted by Crippen LogP contribution is -2.36. The van der Waals surface area contributed by atoms with Crippen LogP contribution in [0.1, 0.15) is 24.5 Å². The number of rotatable bonds is 7. The number of thiophene rings is 1. The quantitative estimate of drug-likeness (QED) is 0.710. The molecule has 0 aromatic carbocycles. The van der Waals surface area contributed by atoms with E-state index in [2.05, 4.69) is 10.6 Å². The minimum Gasteiger partial charge on any atom is -0.387 e. The zero-order valence-electron chi connectivity index (χ0n) is 10.1. The van der Waals surface area contributed by atoms with Crippen molar-refractivity contribution in [3.05, 3.63) is 22.4 Å². The second-order valence-electron chi connectivity index (χ2n) is 4.45. The van der Waals surface area contributed by atoms with Crippen LogP contribution >= 0.6 is 23.7 Å². The van der Waals surface area contributed by atoms with Gasteiger partial charge in [-0.15, -0.1) is 12.4 Å². The average molecular weight is 291 g/mol. The molecule has 1 fully saturated rings. The van der Waals surface area contributed by atoms with Gasteiger partial charge >= 0.3 is 0 Å². The van der Waals surface area contributed by atoms with Crippen LogP contribution in [0.4, 0.5) is 0 Å². The van der Waals surface area contributed by atoms with Gasteiger partial charge in [0.1, 0.15) is 0 Å². The molecule has 3 N–H and O–H groups in total. The van der Waals surface area contributed by atoms with Gasteiger partial charge in [0, 0.05) is 6.54 Å². The normalized spacial score (nSPS) is 15.8. The smallest absolute Gasteiger partial charge is 0.234 e. The highest BCUT2D eigenvalue weighted by Crippen LogP contribution is 2.27. The Labute approximate surface area is 117 Å². The van der Waals surface area contributed by atoms with E-state index in [0.29, 0.717) is 6.54 Å². The summed E-state index contributed by atoms with van der Waals surface area (Å²) in [6.07, 6.45) is 1.96. The van der Waals surface area contributed by atoms with Crippen LogP contribution in [0.25, 0.3) is 0 Å². The van der Waals surface area contributed by atoms with E-state index in [1.807, 2.05) is 16.8 Å². The first-order valence-electron chi connectivity index (χ1n) is 5.93. The fourth-order valence-electron chi connectivity index (χ4n) is 1.57. The molecule has 0 spiro atoms. The highest BCUT2D eigenvalue weighted by molar-refractivity contribution is 7.07. The topological polar surface area (TPSA) is 61.4 Å². The van der Waals surface area contributed by atoms with Gasteiger partial charge < -0.3 is 15.7 Å². The molecule has 0 radical (unpaired) electrons. The van der Waals surface area contributed by atoms with Gasteiger partial charge in [0.15, 0.2) is 0 Å². The van der Waals surface area contributed by atoms with Gasteiger partial charge in [-0.3, -0.25) is 4.79 Å². The molecule has 0 aliphatic heterocycles. The Hall–Kier alpha value is -0.620. The molecule has 1 aliphatic rings. The fourth-order valence-corrected chi connectivity index (χ4v) is 2.27. The minimum atomic E-state index is -0.603. The maximum atomic E-state index is 11.4. The van der Waals surface area contributed by atoms with Crippen molar-refractivity contribution in [1.82, 2.24) is 10.6 Å². The molecule has 1 unspecified atom stereocenters. The summed E-state index contributed by atoms with van der Waals surface area (Å²) < 4.78 is 0. The van der Waals surface area contributed by atoms with E-state index in [1.165, 1.54) is 12.8 Å². The molecule has 1 amide bonds. The monoisotopic (exact) mass is 290 g/mol. The number of carbonyl (C=O) groups excluding carboxylic acids is 1. The summed E-state index contributed by atoms with van der Waals surface area (Å²) in [4.78, 5) is 11.4. The summed E-state index contributed by atoms with van der Waals surface area (Å²) in [7, 11) is 0. The number of halogens is 1. The van der Waals surface area contributed by atoms with Crippen LogP contribution in [0.15, 0.2) is 16.8 Å². The Morgan fingerprint density at radius 3 is 2.94 bits per heavy atom. The van der Waals surface area contributed by atoms with Gasteiger partial charge in [-0.1, -0.05) is 0 Å². The summed E-state index contributed by atoms with van der Waals surface area (Å²) in [6.45, 7) is 1.55. The van der Waals surface area contributed by atoms with Gasteiger partial charge in [0.2, 0.25) is 5.91 Å². The molecule has 1 atom stereocenters. The second-order valence-corrected chi connectivity index (χ2v) is 5.23. The first-order valence-corrected chi connectivity index (χ1v) is 6.87. The average Bonchev–Trinajstić information content (AvgIpc) is 2.97. The van der Waals surface area contributed by atoms with Gasteiger partial charge in [0.05, 0.1) is 12.6 Å². The largest absolute Gasteiger partial charge is 0.387 e. The summed E-state index contributed by atoms with van der Waals surface area (Å²) >= 11 is 1.54. The van der Waals surface area contributed by atoms with Crippen molar-refractivity contribution in [3.63, 3.8) is 0 Å². The zero-order valence-corrected chi connectivity index (χ0v) is 11.7. The number of aliphatic hydroxyl groups excluding tert-OH is 1. The van der Waals surface area contributed by atoms with Gasteiger partial charge in [-0.05, 0) is 47.7 Å². The summed E-state index contributed by atoms with van der Waals surface area (Å²) in [5.74, 6) is 0.721. The Morgan fingerprint density at radius 1 is 1.56 bits per heavy atom. The van der Waals surface area contributed by atoms with Gasteiger partial charge in [0.25, 0.3) is 0 Å². The zero-order chi connectivity index (χ0) is 12.1. The molecule has 1 saturated carbocycles. The molecule has 1 aromatic heterocycles. The summed E-state index contributed by atoms with van der Waals surface area (Å²) in [5.41, 5.74) is 0.862. The summed E-state index contributed by atoms with van der Waals surface area (Å²) in [6, 6.07) is 1.87. The van der Waals surface area contributed by atoms with Crippen molar-refractivity contribution >= 4 is 29.7 Å². The molecule has 4 nitrogen and oxygen atoms in total. The van der Waals surface area contributed by atoms with Crippen molar-refractivity contribution in [2.75, 3.05) is 19.6 Å². The van der Waals surface area contributed by atoms with E-state index in [-0.39, 0.29) is 24.9 Å². The molecule has 0 saturated heterocycles. The summed E-state index contributed by atoms with van der Waals surface area (Å²) in [5, 5.41) is 19.4. The van der Waals surface area contributed by atoms with Crippen LogP contribution in [-0.2, 0) is 4.79 Å². The highest BCUT2D eigenvalue weighted by atomic mass is 35.5. The number of carbonyl (C=O) groups is 1. The van der Waals surface area contributed by atoms with Crippen LogP contribution < -0.4 is 10.6 Å². The number of nitrogens with one attached hydrogen (secondary N) is 2. The predicted octanol–water partition coefficient (Wildman–Crippen LogP) is 1.32. The molecule has 2 rings (SSSR count). The van der Waals surface area contributed by atoms with Crippen LogP contribution in [0.3, 0.4) is 0 Å². The third kappa shape index (κ3) is 5.35. The Morgan fingerprint density at radius 2 is 2.33 bits per heavy atom. The van der Waals surface area contributed by atoms with Crippen molar-refractivity contribution in [1.29, 1.82) is 0 Å². The van der Waals surface area contributed by atoms with E-state index < -0.39 is 6.10 Å². The third-order valence-corrected chi connectivity index (χ3v) is 3.54. The predicted molar refractivity (Wildman–Crippen MR) is 75.1 cm³/mol. The Bertz CT molecular complexity index is 355. The molecule has 102 valence electrons. The van der Waals surface area contributed by atoms with Gasteiger partial charge in [-0.25, -0.2) is 0 Å². The van der Waals surface area contributed by atoms with Crippen LogP contribution in [0, 0.1) is 5.92 Å². The van der Waals surface area contributed by atoms with Crippen molar-refractivity contribution in [2.24, 2.45) is 5.92 Å². The van der Waals surface area contributed by atoms with E-state index >= 15 is 0 Å². The maximum absolute atomic E-state index is 11.4. The molecule has 1 heterocycles. The number of aliphatic hydroxyl groups is 1. The van der Waals surface area contributed by atoms with E-state index in [9.17, 15) is 9.90 Å². The molecular formula is C12H19ClN2O2S. The Balaban J connectivity index is 0.00000162. The van der Waals surface area contributed by atoms with Crippen LogP contribution in [0.5, 0.6) is 0 Å². The molecular weight excluding hydrogens is 272 g/mol. The fraction of sp³-hybridized carbons (Fsp3) is 0.583. The standard InChI is InChI=1S/C12H18N2O2S.ClH/c15-11(10-3-4-17-8-10)6-14-12(16)7-13-5-9-1-2-9;/h3-4,8-9,11,13,15H,1-2,5-7H2,(H,14,16);1H. The van der Waals surface area contributed by atoms with Crippen LogP contribution in [-0.4, -0.2) is 30.6 Å². The van der Waals surface area contributed by atoms with E-state index in [0.717, 1.165) is 18.0 Å². The second kappa shape index (κ2) is 7.74. The van der Waals surface area contributed by atoms with Crippen LogP contribution in [0.2, 0.25) is 0 Å². The number of hydrogen-bond acceptors (Lipinski definition) is 4. The molecule has 1 aromatic rings. The molecule has 18 heavy (non-hydrogen) atoms. The number of amides is 1. The molecule has 0 bridgehead atoms. The SMILES string of the molecule is Cl.O=C(CNCC1CC1)NCC(O)c1ccsc1. The minimum absolute atomic E-state index is 0. The lowest BCUT2D eigenvalue weighted by Gasteiger charge is -2.10. The lowest BCUT2D eigenvalue weighted by atomic mass is 10.2. The van der Waals surface area contributed by atoms with Crippen molar-refractivity contribution in [3.8, 4) is 0 Å². The van der Waals surface area contributed by atoms with Crippen molar-refractivity contribution in [2.45, 2.75) is 18.9 Å². The van der Waals surface area contributed by atoms with Gasteiger partial charge in [-0.2, -0.15) is 11.3 Å².